The Morgan fingerprint density at radius 2 is 1.90 bits per heavy atom. The van der Waals surface area contributed by atoms with Crippen LogP contribution in [0.1, 0.15) is 0 Å². The Bertz CT molecular complexity index is 227. The zero-order valence-electron chi connectivity index (χ0n) is 5.29. The molecule has 1 aromatic rings. The van der Waals surface area contributed by atoms with Crippen molar-refractivity contribution < 1.29 is 27.6 Å². The second kappa shape index (κ2) is 3.97. The Labute approximate surface area is 74.4 Å². The molecule has 0 saturated heterocycles. The molecule has 10 heavy (non-hydrogen) atoms. The van der Waals surface area contributed by atoms with E-state index in [9.17, 15) is 8.78 Å². The summed E-state index contributed by atoms with van der Waals surface area (Å²) in [7, 11) is 0. The topological polar surface area (TPSA) is 0 Å². The Morgan fingerprint density at radius 1 is 1.30 bits per heavy atom. The molecular formula is C6H2ClF2Li. The molecule has 0 N–H and O–H groups in total. The standard InChI is InChI=1S/C6H2ClF2.Li/c7-5-2-1-4(8)3-6(5)9;/h1-2H;/q-1;+1. The number of rotatable bonds is 0. The van der Waals surface area contributed by atoms with E-state index >= 15 is 0 Å². The van der Waals surface area contributed by atoms with E-state index in [0.717, 1.165) is 12.1 Å². The van der Waals surface area contributed by atoms with Gasteiger partial charge in [-0.05, 0) is 5.02 Å². The summed E-state index contributed by atoms with van der Waals surface area (Å²) in [5.41, 5.74) is 0. The molecule has 0 radical (unpaired) electrons. The molecule has 4 heteroatoms. The Hall–Kier alpha value is -0.0326. The number of benzene rings is 1. The number of halogens is 3. The van der Waals surface area contributed by atoms with Crippen LogP contribution >= 0.6 is 11.6 Å². The molecule has 0 aliphatic heterocycles. The second-order valence-electron chi connectivity index (χ2n) is 1.47. The molecule has 1 aromatic carbocycles. The zero-order chi connectivity index (χ0) is 6.85. The first kappa shape index (κ1) is 9.97. The molecule has 0 heterocycles. The molecule has 0 aliphatic carbocycles. The Balaban J connectivity index is 0.000000810. The average molecular weight is 154 g/mol. The van der Waals surface area contributed by atoms with Gasteiger partial charge in [0.25, 0.3) is 0 Å². The van der Waals surface area contributed by atoms with Crippen LogP contribution in [0.3, 0.4) is 0 Å². The van der Waals surface area contributed by atoms with Gasteiger partial charge in [0.15, 0.2) is 0 Å². The molecule has 0 amide bonds. The summed E-state index contributed by atoms with van der Waals surface area (Å²) in [6.07, 6.45) is 0. The van der Waals surface area contributed by atoms with Crippen LogP contribution in [0, 0.1) is 17.7 Å². The minimum Gasteiger partial charge on any atom is -0.236 e. The molecule has 0 saturated carbocycles. The van der Waals surface area contributed by atoms with Crippen molar-refractivity contribution >= 4 is 11.6 Å². The van der Waals surface area contributed by atoms with Gasteiger partial charge in [0.1, 0.15) is 0 Å². The largest absolute Gasteiger partial charge is 1.00 e. The van der Waals surface area contributed by atoms with Crippen LogP contribution in [0.15, 0.2) is 12.1 Å². The molecule has 0 spiro atoms. The van der Waals surface area contributed by atoms with Crippen molar-refractivity contribution in [1.29, 1.82) is 0 Å². The Kier molecular flexibility index (Phi) is 3.96. The molecule has 0 fully saturated rings. The van der Waals surface area contributed by atoms with Gasteiger partial charge in [-0.3, -0.25) is 0 Å². The van der Waals surface area contributed by atoms with Crippen molar-refractivity contribution in [2.75, 3.05) is 0 Å². The van der Waals surface area contributed by atoms with E-state index in [1.165, 1.54) is 0 Å². The minimum atomic E-state index is -0.850. The molecule has 0 aliphatic rings. The van der Waals surface area contributed by atoms with E-state index in [1.807, 2.05) is 0 Å². The van der Waals surface area contributed by atoms with Gasteiger partial charge in [0.05, 0.1) is 0 Å². The first-order chi connectivity index (χ1) is 4.20. The first-order valence-corrected chi connectivity index (χ1v) is 2.61. The minimum absolute atomic E-state index is 0. The second-order valence-corrected chi connectivity index (χ2v) is 1.88. The quantitative estimate of drug-likeness (QED) is 0.267. The third kappa shape index (κ3) is 2.30. The van der Waals surface area contributed by atoms with Crippen molar-refractivity contribution in [2.45, 2.75) is 0 Å². The third-order valence-corrected chi connectivity index (χ3v) is 1.11. The van der Waals surface area contributed by atoms with Crippen molar-refractivity contribution in [3.05, 3.63) is 34.9 Å². The van der Waals surface area contributed by atoms with Crippen molar-refractivity contribution in [2.24, 2.45) is 0 Å². The van der Waals surface area contributed by atoms with E-state index in [-0.39, 0.29) is 23.9 Å². The van der Waals surface area contributed by atoms with Gasteiger partial charge >= 0.3 is 18.9 Å². The van der Waals surface area contributed by atoms with E-state index in [1.54, 1.807) is 6.07 Å². The van der Waals surface area contributed by atoms with Crippen molar-refractivity contribution in [1.82, 2.24) is 0 Å². The molecule has 0 atom stereocenters. The summed E-state index contributed by atoms with van der Waals surface area (Å²) in [6, 6.07) is 3.96. The van der Waals surface area contributed by atoms with E-state index in [4.69, 9.17) is 11.6 Å². The van der Waals surface area contributed by atoms with Gasteiger partial charge in [-0.2, -0.15) is 11.6 Å². The summed E-state index contributed by atoms with van der Waals surface area (Å²) >= 11 is 5.21. The van der Waals surface area contributed by atoms with E-state index < -0.39 is 11.6 Å². The van der Waals surface area contributed by atoms with Gasteiger partial charge in [-0.1, -0.05) is 0 Å². The third-order valence-electron chi connectivity index (χ3n) is 0.815. The molecule has 0 aromatic heterocycles. The summed E-state index contributed by atoms with van der Waals surface area (Å²) in [6.45, 7) is 0. The fourth-order valence-corrected chi connectivity index (χ4v) is 0.536. The van der Waals surface area contributed by atoms with Crippen LogP contribution in [0.25, 0.3) is 0 Å². The SMILES string of the molecule is Fc1[c-]c(F)c(Cl)cc1.[Li+]. The van der Waals surface area contributed by atoms with Gasteiger partial charge in [-0.25, -0.2) is 8.78 Å². The van der Waals surface area contributed by atoms with Crippen LogP contribution in [0.5, 0.6) is 0 Å². The van der Waals surface area contributed by atoms with E-state index in [2.05, 4.69) is 0 Å². The van der Waals surface area contributed by atoms with Gasteiger partial charge < -0.3 is 0 Å². The van der Waals surface area contributed by atoms with Crippen LogP contribution in [0.2, 0.25) is 5.02 Å². The molecule has 0 bridgehead atoms. The van der Waals surface area contributed by atoms with Gasteiger partial charge in [0.2, 0.25) is 0 Å². The number of hydrogen-bond acceptors (Lipinski definition) is 0. The molecular weight excluding hydrogens is 152 g/mol. The Morgan fingerprint density at radius 3 is 2.30 bits per heavy atom. The summed E-state index contributed by atoms with van der Waals surface area (Å²) in [5, 5.41) is -0.114. The van der Waals surface area contributed by atoms with E-state index in [0.29, 0.717) is 0 Å². The summed E-state index contributed by atoms with van der Waals surface area (Å²) in [4.78, 5) is 0. The normalized spacial score (nSPS) is 8.70. The monoisotopic (exact) mass is 154 g/mol. The summed E-state index contributed by atoms with van der Waals surface area (Å²) < 4.78 is 24.1. The maximum atomic E-state index is 12.2. The predicted octanol–water partition coefficient (Wildman–Crippen LogP) is -0.578. The fraction of sp³-hybridized carbons (Fsp3) is 0. The van der Waals surface area contributed by atoms with Crippen molar-refractivity contribution in [3.8, 4) is 0 Å². The van der Waals surface area contributed by atoms with Gasteiger partial charge in [0, 0.05) is 11.6 Å². The zero-order valence-corrected chi connectivity index (χ0v) is 6.04. The maximum absolute atomic E-state index is 12.2. The fourth-order valence-electron chi connectivity index (χ4n) is 0.426. The first-order valence-electron chi connectivity index (χ1n) is 2.23. The number of hydrogen-bond donors (Lipinski definition) is 0. The molecule has 1 rings (SSSR count). The van der Waals surface area contributed by atoms with Crippen LogP contribution < -0.4 is 18.9 Å². The smallest absolute Gasteiger partial charge is 0.236 e. The van der Waals surface area contributed by atoms with Crippen LogP contribution in [0.4, 0.5) is 8.78 Å². The maximum Gasteiger partial charge on any atom is 1.00 e. The average Bonchev–Trinajstić information content (AvgIpc) is 1.80. The molecule has 0 unspecified atom stereocenters. The van der Waals surface area contributed by atoms with Crippen LogP contribution in [-0.2, 0) is 0 Å². The summed E-state index contributed by atoms with van der Waals surface area (Å²) in [5.74, 6) is -1.59. The van der Waals surface area contributed by atoms with Gasteiger partial charge in [-0.15, -0.1) is 18.2 Å². The predicted molar refractivity (Wildman–Crippen MR) is 30.2 cm³/mol. The molecule has 0 nitrogen and oxygen atoms in total. The molecule has 48 valence electrons. The van der Waals surface area contributed by atoms with Crippen molar-refractivity contribution in [3.63, 3.8) is 0 Å². The van der Waals surface area contributed by atoms with Crippen LogP contribution in [-0.4, -0.2) is 0 Å².